The number of nitrogens with one attached hydrogen (secondary N) is 1. The maximum atomic E-state index is 13.3. The van der Waals surface area contributed by atoms with Crippen molar-refractivity contribution in [2.24, 2.45) is 0 Å². The molecule has 3 aromatic rings. The van der Waals surface area contributed by atoms with E-state index in [4.69, 9.17) is 0 Å². The van der Waals surface area contributed by atoms with E-state index < -0.39 is 0 Å². The van der Waals surface area contributed by atoms with Crippen molar-refractivity contribution in [1.82, 2.24) is 10.2 Å². The van der Waals surface area contributed by atoms with E-state index in [-0.39, 0.29) is 17.9 Å². The summed E-state index contributed by atoms with van der Waals surface area (Å²) in [5.41, 5.74) is 2.06. The molecule has 1 atom stereocenters. The highest BCUT2D eigenvalue weighted by Gasteiger charge is 2.27. The van der Waals surface area contributed by atoms with Crippen LogP contribution in [0.2, 0.25) is 0 Å². The zero-order valence-corrected chi connectivity index (χ0v) is 16.8. The van der Waals surface area contributed by atoms with Crippen LogP contribution in [-0.2, 0) is 4.79 Å². The Labute approximate surface area is 171 Å². The van der Waals surface area contributed by atoms with Gasteiger partial charge in [-0.1, -0.05) is 66.7 Å². The van der Waals surface area contributed by atoms with Crippen molar-refractivity contribution in [3.63, 3.8) is 0 Å². The van der Waals surface area contributed by atoms with E-state index in [1.165, 1.54) is 17.7 Å². The Kier molecular flexibility index (Phi) is 6.20. The van der Waals surface area contributed by atoms with Crippen LogP contribution in [0, 0.1) is 0 Å². The summed E-state index contributed by atoms with van der Waals surface area (Å²) in [6.45, 7) is 2.87. The Balaban J connectivity index is 1.54. The number of hydrogen-bond acceptors (Lipinski definition) is 3. The maximum Gasteiger partial charge on any atom is 0.232 e. The molecule has 0 spiro atoms. The molecular weight excluding hydrogens is 364 g/mol. The molecule has 28 heavy (non-hydrogen) atoms. The van der Waals surface area contributed by atoms with Gasteiger partial charge in [0.2, 0.25) is 5.91 Å². The van der Waals surface area contributed by atoms with E-state index in [0.717, 1.165) is 24.2 Å². The van der Waals surface area contributed by atoms with Crippen LogP contribution >= 0.6 is 11.3 Å². The van der Waals surface area contributed by atoms with Gasteiger partial charge in [0.05, 0.1) is 12.0 Å². The van der Waals surface area contributed by atoms with Gasteiger partial charge in [-0.15, -0.1) is 11.3 Å². The highest BCUT2D eigenvalue weighted by atomic mass is 32.1. The molecule has 0 saturated carbocycles. The first-order valence-corrected chi connectivity index (χ1v) is 10.9. The van der Waals surface area contributed by atoms with Gasteiger partial charge in [-0.05, 0) is 48.5 Å². The first-order valence-electron chi connectivity index (χ1n) is 9.98. The van der Waals surface area contributed by atoms with E-state index >= 15 is 0 Å². The molecular formula is C24H26N2OS. The molecule has 1 saturated heterocycles. The molecule has 4 heteroatoms. The van der Waals surface area contributed by atoms with E-state index in [1.54, 1.807) is 11.3 Å². The molecule has 4 rings (SSSR count). The van der Waals surface area contributed by atoms with Crippen LogP contribution in [0.5, 0.6) is 0 Å². The minimum absolute atomic E-state index is 0.0677. The lowest BCUT2D eigenvalue weighted by atomic mass is 9.90. The van der Waals surface area contributed by atoms with Gasteiger partial charge >= 0.3 is 0 Å². The van der Waals surface area contributed by atoms with Gasteiger partial charge in [-0.25, -0.2) is 0 Å². The number of likely N-dealkylation sites (tertiary alicyclic amines) is 1. The minimum Gasteiger partial charge on any atom is -0.353 e. The normalized spacial score (nSPS) is 15.6. The zero-order chi connectivity index (χ0) is 19.2. The van der Waals surface area contributed by atoms with Gasteiger partial charge in [-0.3, -0.25) is 9.69 Å². The molecule has 1 fully saturated rings. The molecule has 144 valence electrons. The van der Waals surface area contributed by atoms with Crippen molar-refractivity contribution >= 4 is 17.2 Å². The fraction of sp³-hybridized carbons (Fsp3) is 0.292. The predicted molar refractivity (Wildman–Crippen MR) is 116 cm³/mol. The summed E-state index contributed by atoms with van der Waals surface area (Å²) in [5.74, 6) is -0.219. The molecule has 1 aliphatic rings. The summed E-state index contributed by atoms with van der Waals surface area (Å²) in [6, 6.07) is 24.7. The number of carbonyl (C=O) groups excluding carboxylic acids is 1. The van der Waals surface area contributed by atoms with Gasteiger partial charge in [0.15, 0.2) is 0 Å². The second-order valence-electron chi connectivity index (χ2n) is 7.27. The Morgan fingerprint density at radius 3 is 2.04 bits per heavy atom. The number of rotatable bonds is 7. The monoisotopic (exact) mass is 390 g/mol. The van der Waals surface area contributed by atoms with E-state index in [0.29, 0.717) is 6.54 Å². The molecule has 3 nitrogen and oxygen atoms in total. The first kappa shape index (κ1) is 18.9. The molecule has 1 aromatic heterocycles. The third kappa shape index (κ3) is 4.34. The number of thiophene rings is 1. The lowest BCUT2D eigenvalue weighted by Gasteiger charge is -2.28. The third-order valence-electron chi connectivity index (χ3n) is 5.45. The predicted octanol–water partition coefficient (Wildman–Crippen LogP) is 4.83. The molecule has 0 unspecified atom stereocenters. The van der Waals surface area contributed by atoms with Crippen LogP contribution < -0.4 is 5.32 Å². The minimum atomic E-state index is -0.287. The van der Waals surface area contributed by atoms with Gasteiger partial charge in [0.1, 0.15) is 0 Å². The average molecular weight is 391 g/mol. The molecule has 2 aromatic carbocycles. The second kappa shape index (κ2) is 9.18. The first-order chi connectivity index (χ1) is 13.8. The van der Waals surface area contributed by atoms with Gasteiger partial charge < -0.3 is 5.32 Å². The lowest BCUT2D eigenvalue weighted by Crippen LogP contribution is -2.38. The Hall–Kier alpha value is -2.43. The number of benzene rings is 2. The van der Waals surface area contributed by atoms with Crippen LogP contribution in [0.1, 0.15) is 40.8 Å². The smallest absolute Gasteiger partial charge is 0.232 e. The van der Waals surface area contributed by atoms with Crippen LogP contribution in [0.3, 0.4) is 0 Å². The molecule has 0 aliphatic carbocycles. The highest BCUT2D eigenvalue weighted by Crippen LogP contribution is 2.29. The van der Waals surface area contributed by atoms with Crippen molar-refractivity contribution in [1.29, 1.82) is 0 Å². The van der Waals surface area contributed by atoms with Gasteiger partial charge in [0.25, 0.3) is 0 Å². The fourth-order valence-corrected chi connectivity index (χ4v) is 4.89. The summed E-state index contributed by atoms with van der Waals surface area (Å²) in [6.07, 6.45) is 2.49. The topological polar surface area (TPSA) is 32.3 Å². The lowest BCUT2D eigenvalue weighted by molar-refractivity contribution is -0.121. The van der Waals surface area contributed by atoms with Crippen LogP contribution in [0.4, 0.5) is 0 Å². The largest absolute Gasteiger partial charge is 0.353 e. The van der Waals surface area contributed by atoms with Crippen molar-refractivity contribution in [3.8, 4) is 0 Å². The Bertz CT molecular complexity index is 819. The Morgan fingerprint density at radius 2 is 1.50 bits per heavy atom. The summed E-state index contributed by atoms with van der Waals surface area (Å²) in [5, 5.41) is 5.39. The summed E-state index contributed by atoms with van der Waals surface area (Å²) < 4.78 is 0. The van der Waals surface area contributed by atoms with Gasteiger partial charge in [0, 0.05) is 11.4 Å². The number of carbonyl (C=O) groups is 1. The van der Waals surface area contributed by atoms with Crippen LogP contribution in [0.15, 0.2) is 78.2 Å². The summed E-state index contributed by atoms with van der Waals surface area (Å²) >= 11 is 1.78. The summed E-state index contributed by atoms with van der Waals surface area (Å²) in [7, 11) is 0. The molecule has 1 amide bonds. The Morgan fingerprint density at radius 1 is 0.893 bits per heavy atom. The number of hydrogen-bond donors (Lipinski definition) is 1. The zero-order valence-electron chi connectivity index (χ0n) is 16.0. The molecule has 0 bridgehead atoms. The van der Waals surface area contributed by atoms with Crippen LogP contribution in [-0.4, -0.2) is 30.4 Å². The SMILES string of the molecule is O=C(NC[C@H](c1cccs1)N1CCCC1)C(c1ccccc1)c1ccccc1. The van der Waals surface area contributed by atoms with E-state index in [1.807, 2.05) is 60.7 Å². The van der Waals surface area contributed by atoms with Crippen LogP contribution in [0.25, 0.3) is 0 Å². The van der Waals surface area contributed by atoms with Gasteiger partial charge in [-0.2, -0.15) is 0 Å². The second-order valence-corrected chi connectivity index (χ2v) is 8.25. The molecule has 1 N–H and O–H groups in total. The number of nitrogens with zero attached hydrogens (tertiary/aromatic N) is 1. The maximum absolute atomic E-state index is 13.3. The van der Waals surface area contributed by atoms with Crippen molar-refractivity contribution in [3.05, 3.63) is 94.2 Å². The average Bonchev–Trinajstić information content (AvgIpc) is 3.45. The van der Waals surface area contributed by atoms with E-state index in [9.17, 15) is 4.79 Å². The standard InChI is InChI=1S/C24H26N2OS/c27-24(23(19-10-3-1-4-11-19)20-12-5-2-6-13-20)25-18-21(22-14-9-17-28-22)26-15-7-8-16-26/h1-6,9-14,17,21,23H,7-8,15-16,18H2,(H,25,27)/t21-/m1/s1. The highest BCUT2D eigenvalue weighted by molar-refractivity contribution is 7.10. The summed E-state index contributed by atoms with van der Waals surface area (Å²) in [4.78, 5) is 17.1. The quantitative estimate of drug-likeness (QED) is 0.626. The molecule has 1 aliphatic heterocycles. The van der Waals surface area contributed by atoms with Crippen molar-refractivity contribution in [2.45, 2.75) is 24.8 Å². The molecule has 0 radical (unpaired) electrons. The fourth-order valence-electron chi connectivity index (χ4n) is 4.03. The van der Waals surface area contributed by atoms with Crippen molar-refractivity contribution in [2.75, 3.05) is 19.6 Å². The van der Waals surface area contributed by atoms with Crippen molar-refractivity contribution < 1.29 is 4.79 Å². The third-order valence-corrected chi connectivity index (χ3v) is 6.42. The number of amides is 1. The van der Waals surface area contributed by atoms with E-state index in [2.05, 4.69) is 27.7 Å². The molecule has 2 heterocycles.